The third-order valence-electron chi connectivity index (χ3n) is 4.80. The van der Waals surface area contributed by atoms with Crippen LogP contribution in [-0.4, -0.2) is 24.1 Å². The Labute approximate surface area is 167 Å². The maximum absolute atomic E-state index is 12.9. The van der Waals surface area contributed by atoms with Crippen LogP contribution >= 0.6 is 0 Å². The fraction of sp³-hybridized carbons (Fsp3) is 0.0870. The molecule has 0 heterocycles. The second-order valence-corrected chi connectivity index (χ2v) is 6.56. The van der Waals surface area contributed by atoms with Gasteiger partial charge in [-0.3, -0.25) is 14.4 Å². The van der Waals surface area contributed by atoms with Crippen LogP contribution in [0.25, 0.3) is 0 Å². The van der Waals surface area contributed by atoms with E-state index in [1.165, 1.54) is 12.1 Å². The molecule has 1 amide bonds. The summed E-state index contributed by atoms with van der Waals surface area (Å²) < 4.78 is 5.38. The Hall–Kier alpha value is -3.93. The van der Waals surface area contributed by atoms with Crippen LogP contribution in [0.4, 0.5) is 11.4 Å². The SMILES string of the molecule is CCOc1ccc(NC(=O)c2ccc3c(c2N)C(=O)c2ccccc2C3=O)cc1. The molecule has 144 valence electrons. The molecule has 0 fully saturated rings. The second kappa shape index (κ2) is 7.24. The minimum Gasteiger partial charge on any atom is -0.494 e. The molecule has 0 aromatic heterocycles. The Bertz CT molecular complexity index is 1150. The van der Waals surface area contributed by atoms with Gasteiger partial charge in [-0.15, -0.1) is 0 Å². The Morgan fingerprint density at radius 3 is 2.21 bits per heavy atom. The van der Waals surface area contributed by atoms with Gasteiger partial charge in [0.2, 0.25) is 0 Å². The molecule has 0 bridgehead atoms. The number of ether oxygens (including phenoxy) is 1. The highest BCUT2D eigenvalue weighted by Gasteiger charge is 2.32. The number of fused-ring (bicyclic) bond motifs is 2. The first kappa shape index (κ1) is 18.4. The van der Waals surface area contributed by atoms with E-state index in [4.69, 9.17) is 10.5 Å². The zero-order valence-corrected chi connectivity index (χ0v) is 15.7. The summed E-state index contributed by atoms with van der Waals surface area (Å²) >= 11 is 0. The summed E-state index contributed by atoms with van der Waals surface area (Å²) in [6.45, 7) is 2.44. The van der Waals surface area contributed by atoms with Gasteiger partial charge >= 0.3 is 0 Å². The lowest BCUT2D eigenvalue weighted by Gasteiger charge is -2.20. The number of hydrogen-bond acceptors (Lipinski definition) is 5. The highest BCUT2D eigenvalue weighted by Crippen LogP contribution is 2.33. The van der Waals surface area contributed by atoms with E-state index < -0.39 is 5.91 Å². The number of nitrogen functional groups attached to an aromatic ring is 1. The van der Waals surface area contributed by atoms with E-state index in [-0.39, 0.29) is 33.9 Å². The fourth-order valence-corrected chi connectivity index (χ4v) is 3.41. The summed E-state index contributed by atoms with van der Waals surface area (Å²) in [7, 11) is 0. The average molecular weight is 386 g/mol. The van der Waals surface area contributed by atoms with E-state index in [1.54, 1.807) is 48.5 Å². The van der Waals surface area contributed by atoms with Crippen LogP contribution in [0, 0.1) is 0 Å². The molecule has 0 radical (unpaired) electrons. The van der Waals surface area contributed by atoms with Crippen LogP contribution < -0.4 is 15.8 Å². The molecule has 3 aromatic rings. The maximum atomic E-state index is 12.9. The molecular weight excluding hydrogens is 368 g/mol. The Kier molecular flexibility index (Phi) is 4.60. The van der Waals surface area contributed by atoms with Crippen molar-refractivity contribution in [3.8, 4) is 5.75 Å². The number of hydrogen-bond donors (Lipinski definition) is 2. The average Bonchev–Trinajstić information content (AvgIpc) is 2.73. The van der Waals surface area contributed by atoms with Crippen molar-refractivity contribution in [1.29, 1.82) is 0 Å². The number of nitrogens with two attached hydrogens (primary N) is 1. The van der Waals surface area contributed by atoms with Crippen molar-refractivity contribution in [3.05, 3.63) is 88.5 Å². The van der Waals surface area contributed by atoms with Gasteiger partial charge in [-0.05, 0) is 43.3 Å². The molecule has 4 rings (SSSR count). The second-order valence-electron chi connectivity index (χ2n) is 6.56. The Morgan fingerprint density at radius 2 is 1.55 bits per heavy atom. The molecule has 0 unspecified atom stereocenters. The molecule has 1 aliphatic rings. The van der Waals surface area contributed by atoms with Crippen molar-refractivity contribution in [2.24, 2.45) is 0 Å². The van der Waals surface area contributed by atoms with Crippen LogP contribution in [0.3, 0.4) is 0 Å². The first-order valence-electron chi connectivity index (χ1n) is 9.16. The molecule has 0 saturated heterocycles. The lowest BCUT2D eigenvalue weighted by molar-refractivity contribution is 0.0978. The van der Waals surface area contributed by atoms with Gasteiger partial charge in [0.15, 0.2) is 11.6 Å². The van der Waals surface area contributed by atoms with Crippen LogP contribution in [0.15, 0.2) is 60.7 Å². The van der Waals surface area contributed by atoms with E-state index in [2.05, 4.69) is 5.32 Å². The third kappa shape index (κ3) is 3.14. The van der Waals surface area contributed by atoms with Crippen LogP contribution in [0.5, 0.6) is 5.75 Å². The zero-order chi connectivity index (χ0) is 20.5. The summed E-state index contributed by atoms with van der Waals surface area (Å²) in [5, 5.41) is 2.75. The molecule has 3 aromatic carbocycles. The summed E-state index contributed by atoms with van der Waals surface area (Å²) in [5.74, 6) is -0.404. The van der Waals surface area contributed by atoms with Gasteiger partial charge in [-0.25, -0.2) is 0 Å². The summed E-state index contributed by atoms with van der Waals surface area (Å²) in [5.41, 5.74) is 7.80. The van der Waals surface area contributed by atoms with Gasteiger partial charge in [0.05, 0.1) is 23.4 Å². The van der Waals surface area contributed by atoms with E-state index in [9.17, 15) is 14.4 Å². The largest absolute Gasteiger partial charge is 0.494 e. The number of benzene rings is 3. The number of carbonyl (C=O) groups is 3. The fourth-order valence-electron chi connectivity index (χ4n) is 3.41. The molecule has 3 N–H and O–H groups in total. The first-order chi connectivity index (χ1) is 14.0. The molecule has 0 atom stereocenters. The van der Waals surface area contributed by atoms with Crippen molar-refractivity contribution < 1.29 is 19.1 Å². The quantitative estimate of drug-likeness (QED) is 0.521. The van der Waals surface area contributed by atoms with E-state index in [0.29, 0.717) is 29.2 Å². The molecule has 0 saturated carbocycles. The van der Waals surface area contributed by atoms with Crippen LogP contribution in [-0.2, 0) is 0 Å². The Balaban J connectivity index is 1.67. The lowest BCUT2D eigenvalue weighted by Crippen LogP contribution is -2.24. The van der Waals surface area contributed by atoms with Gasteiger partial charge in [-0.1, -0.05) is 24.3 Å². The number of ketones is 2. The number of anilines is 2. The predicted molar refractivity (Wildman–Crippen MR) is 110 cm³/mol. The van der Waals surface area contributed by atoms with Crippen LogP contribution in [0.1, 0.15) is 49.1 Å². The van der Waals surface area contributed by atoms with Gasteiger partial charge in [0, 0.05) is 22.4 Å². The van der Waals surface area contributed by atoms with Crippen molar-refractivity contribution in [2.75, 3.05) is 17.7 Å². The lowest BCUT2D eigenvalue weighted by atomic mass is 9.82. The predicted octanol–water partition coefficient (Wildman–Crippen LogP) is 3.70. The molecule has 0 aliphatic heterocycles. The highest BCUT2D eigenvalue weighted by molar-refractivity contribution is 6.31. The first-order valence-corrected chi connectivity index (χ1v) is 9.16. The smallest absolute Gasteiger partial charge is 0.257 e. The van der Waals surface area contributed by atoms with Gasteiger partial charge in [0.25, 0.3) is 5.91 Å². The number of carbonyl (C=O) groups excluding carboxylic acids is 3. The van der Waals surface area contributed by atoms with Gasteiger partial charge < -0.3 is 15.8 Å². The summed E-state index contributed by atoms with van der Waals surface area (Å²) in [6, 6.07) is 16.5. The molecule has 29 heavy (non-hydrogen) atoms. The van der Waals surface area contributed by atoms with Crippen molar-refractivity contribution in [1.82, 2.24) is 0 Å². The maximum Gasteiger partial charge on any atom is 0.257 e. The van der Waals surface area contributed by atoms with Gasteiger partial charge in [-0.2, -0.15) is 0 Å². The number of nitrogens with one attached hydrogen (secondary N) is 1. The molecule has 1 aliphatic carbocycles. The summed E-state index contributed by atoms with van der Waals surface area (Å²) in [6.07, 6.45) is 0. The minimum atomic E-state index is -0.464. The monoisotopic (exact) mass is 386 g/mol. The van der Waals surface area contributed by atoms with Crippen molar-refractivity contribution in [2.45, 2.75) is 6.92 Å². The zero-order valence-electron chi connectivity index (χ0n) is 15.7. The molecular formula is C23H18N2O4. The molecule has 0 spiro atoms. The van der Waals surface area contributed by atoms with E-state index in [0.717, 1.165) is 0 Å². The Morgan fingerprint density at radius 1 is 0.897 bits per heavy atom. The number of amides is 1. The highest BCUT2D eigenvalue weighted by atomic mass is 16.5. The van der Waals surface area contributed by atoms with Crippen LogP contribution in [0.2, 0.25) is 0 Å². The molecule has 6 nitrogen and oxygen atoms in total. The normalized spacial score (nSPS) is 12.2. The van der Waals surface area contributed by atoms with E-state index >= 15 is 0 Å². The topological polar surface area (TPSA) is 98.5 Å². The standard InChI is InChI=1S/C23H18N2O4/c1-2-29-14-9-7-13(8-10-14)25-23(28)18-12-11-17-19(20(18)24)22(27)16-6-4-3-5-15(16)21(17)26/h3-12H,2,24H2,1H3,(H,25,28). The van der Waals surface area contributed by atoms with Crippen molar-refractivity contribution >= 4 is 28.8 Å². The molecule has 6 heteroatoms. The van der Waals surface area contributed by atoms with Gasteiger partial charge in [0.1, 0.15) is 5.75 Å². The van der Waals surface area contributed by atoms with Crippen molar-refractivity contribution in [3.63, 3.8) is 0 Å². The summed E-state index contributed by atoms with van der Waals surface area (Å²) in [4.78, 5) is 38.4. The minimum absolute atomic E-state index is 0.00112. The van der Waals surface area contributed by atoms with E-state index in [1.807, 2.05) is 6.92 Å². The number of rotatable bonds is 4. The third-order valence-corrected chi connectivity index (χ3v) is 4.80.